The van der Waals surface area contributed by atoms with E-state index >= 15 is 0 Å². The van der Waals surface area contributed by atoms with Crippen molar-refractivity contribution in [3.05, 3.63) is 22.4 Å². The van der Waals surface area contributed by atoms with Crippen LogP contribution in [0.25, 0.3) is 0 Å². The molecule has 1 N–H and O–H groups in total. The first-order valence-electron chi connectivity index (χ1n) is 6.56. The van der Waals surface area contributed by atoms with E-state index in [9.17, 15) is 4.79 Å². The highest BCUT2D eigenvalue weighted by Crippen LogP contribution is 2.11. The first-order chi connectivity index (χ1) is 8.79. The van der Waals surface area contributed by atoms with Crippen molar-refractivity contribution < 1.29 is 4.79 Å². The van der Waals surface area contributed by atoms with Crippen molar-refractivity contribution in [2.75, 3.05) is 32.7 Å². The van der Waals surface area contributed by atoms with Crippen LogP contribution in [0.1, 0.15) is 18.9 Å². The van der Waals surface area contributed by atoms with E-state index in [0.29, 0.717) is 6.54 Å². The molecule has 0 unspecified atom stereocenters. The zero-order valence-corrected chi connectivity index (χ0v) is 11.7. The van der Waals surface area contributed by atoms with Gasteiger partial charge in [0.15, 0.2) is 0 Å². The van der Waals surface area contributed by atoms with Gasteiger partial charge < -0.3 is 10.2 Å². The van der Waals surface area contributed by atoms with Crippen LogP contribution in [-0.2, 0) is 6.54 Å². The molecule has 2 amide bonds. The van der Waals surface area contributed by atoms with Crippen LogP contribution in [0.5, 0.6) is 0 Å². The molecule has 2 rings (SSSR count). The highest BCUT2D eigenvalue weighted by molar-refractivity contribution is 7.07. The number of urea groups is 1. The number of nitrogens with one attached hydrogen (secondary N) is 1. The predicted octanol–water partition coefficient (Wildman–Crippen LogP) is 1.99. The number of hydrogen-bond acceptors (Lipinski definition) is 3. The molecule has 0 radical (unpaired) electrons. The maximum atomic E-state index is 11.8. The molecule has 2 heterocycles. The summed E-state index contributed by atoms with van der Waals surface area (Å²) in [5, 5.41) is 7.19. The van der Waals surface area contributed by atoms with Crippen LogP contribution >= 0.6 is 11.3 Å². The van der Waals surface area contributed by atoms with Gasteiger partial charge in [-0.05, 0) is 35.7 Å². The van der Waals surface area contributed by atoms with E-state index in [1.165, 1.54) is 5.56 Å². The first kappa shape index (κ1) is 13.4. The van der Waals surface area contributed by atoms with Gasteiger partial charge in [0.1, 0.15) is 0 Å². The average molecular weight is 267 g/mol. The summed E-state index contributed by atoms with van der Waals surface area (Å²) in [5.41, 5.74) is 1.38. The predicted molar refractivity (Wildman–Crippen MR) is 74.9 cm³/mol. The van der Waals surface area contributed by atoms with E-state index in [1.807, 2.05) is 11.8 Å². The Morgan fingerprint density at radius 1 is 1.39 bits per heavy atom. The van der Waals surface area contributed by atoms with Crippen LogP contribution in [0.2, 0.25) is 0 Å². The topological polar surface area (TPSA) is 35.6 Å². The minimum atomic E-state index is 0.0786. The molecule has 18 heavy (non-hydrogen) atoms. The Hall–Kier alpha value is -1.07. The molecule has 1 aliphatic heterocycles. The van der Waals surface area contributed by atoms with E-state index in [-0.39, 0.29) is 6.03 Å². The Bertz CT molecular complexity index is 366. The van der Waals surface area contributed by atoms with Gasteiger partial charge in [0.2, 0.25) is 0 Å². The third-order valence-corrected chi connectivity index (χ3v) is 3.92. The van der Waals surface area contributed by atoms with E-state index in [2.05, 4.69) is 27.0 Å². The number of thiophene rings is 1. The molecule has 100 valence electrons. The Kier molecular flexibility index (Phi) is 5.01. The van der Waals surface area contributed by atoms with Crippen molar-refractivity contribution in [3.63, 3.8) is 0 Å². The monoisotopic (exact) mass is 267 g/mol. The minimum absolute atomic E-state index is 0.0786. The van der Waals surface area contributed by atoms with Gasteiger partial charge in [0, 0.05) is 39.3 Å². The average Bonchev–Trinajstić information content (AvgIpc) is 2.74. The fourth-order valence-electron chi connectivity index (χ4n) is 2.24. The first-order valence-corrected chi connectivity index (χ1v) is 7.50. The molecule has 1 aliphatic rings. The molecule has 1 fully saturated rings. The highest BCUT2D eigenvalue weighted by Gasteiger charge is 2.18. The molecule has 0 atom stereocenters. The van der Waals surface area contributed by atoms with Crippen molar-refractivity contribution in [2.45, 2.75) is 19.9 Å². The third-order valence-electron chi connectivity index (χ3n) is 3.19. The normalized spacial score (nSPS) is 17.5. The number of carbonyl (C=O) groups excluding carboxylic acids is 1. The van der Waals surface area contributed by atoms with Gasteiger partial charge in [0.05, 0.1) is 0 Å². The van der Waals surface area contributed by atoms with Crippen molar-refractivity contribution >= 4 is 17.4 Å². The highest BCUT2D eigenvalue weighted by atomic mass is 32.1. The standard InChI is InChI=1S/C13H21N3OS/c1-2-14-13(17)16-6-3-5-15(7-8-16)10-12-4-9-18-11-12/h4,9,11H,2-3,5-8,10H2,1H3,(H,14,17). The Morgan fingerprint density at radius 3 is 3.00 bits per heavy atom. The lowest BCUT2D eigenvalue weighted by Crippen LogP contribution is -2.41. The lowest BCUT2D eigenvalue weighted by Gasteiger charge is -2.21. The lowest BCUT2D eigenvalue weighted by molar-refractivity contribution is 0.198. The number of carbonyl (C=O) groups is 1. The Morgan fingerprint density at radius 2 is 2.28 bits per heavy atom. The summed E-state index contributed by atoms with van der Waals surface area (Å²) >= 11 is 1.74. The van der Waals surface area contributed by atoms with Crippen LogP contribution in [0.15, 0.2) is 16.8 Å². The molecule has 1 aromatic rings. The maximum absolute atomic E-state index is 11.8. The molecule has 0 spiro atoms. The fraction of sp³-hybridized carbons (Fsp3) is 0.615. The van der Waals surface area contributed by atoms with Crippen molar-refractivity contribution in [1.82, 2.24) is 15.1 Å². The number of hydrogen-bond donors (Lipinski definition) is 1. The van der Waals surface area contributed by atoms with Crippen LogP contribution in [0.4, 0.5) is 4.79 Å². The molecule has 0 aromatic carbocycles. The van der Waals surface area contributed by atoms with E-state index in [1.54, 1.807) is 11.3 Å². The van der Waals surface area contributed by atoms with Gasteiger partial charge in [0.25, 0.3) is 0 Å². The molecule has 1 saturated heterocycles. The van der Waals surface area contributed by atoms with Crippen molar-refractivity contribution in [2.24, 2.45) is 0 Å². The summed E-state index contributed by atoms with van der Waals surface area (Å²) < 4.78 is 0. The lowest BCUT2D eigenvalue weighted by atomic mass is 10.3. The number of amides is 2. The summed E-state index contributed by atoms with van der Waals surface area (Å²) in [6, 6.07) is 2.26. The second-order valence-corrected chi connectivity index (χ2v) is 5.36. The molecule has 1 aromatic heterocycles. The van der Waals surface area contributed by atoms with E-state index in [0.717, 1.165) is 39.1 Å². The summed E-state index contributed by atoms with van der Waals surface area (Å²) in [6.07, 6.45) is 1.06. The third kappa shape index (κ3) is 3.71. The molecule has 0 aliphatic carbocycles. The summed E-state index contributed by atoms with van der Waals surface area (Å²) in [4.78, 5) is 16.1. The summed E-state index contributed by atoms with van der Waals surface area (Å²) in [6.45, 7) is 7.40. The van der Waals surface area contributed by atoms with Gasteiger partial charge in [-0.3, -0.25) is 4.90 Å². The smallest absolute Gasteiger partial charge is 0.317 e. The van der Waals surface area contributed by atoms with Crippen LogP contribution in [-0.4, -0.2) is 48.6 Å². The van der Waals surface area contributed by atoms with Gasteiger partial charge in [-0.15, -0.1) is 0 Å². The Balaban J connectivity index is 1.82. The minimum Gasteiger partial charge on any atom is -0.338 e. The Labute approximate surface area is 113 Å². The molecule has 0 saturated carbocycles. The van der Waals surface area contributed by atoms with Gasteiger partial charge in [-0.1, -0.05) is 0 Å². The molecule has 4 nitrogen and oxygen atoms in total. The zero-order chi connectivity index (χ0) is 12.8. The molecular weight excluding hydrogens is 246 g/mol. The largest absolute Gasteiger partial charge is 0.338 e. The second kappa shape index (κ2) is 6.75. The molecular formula is C13H21N3OS. The second-order valence-electron chi connectivity index (χ2n) is 4.58. The summed E-state index contributed by atoms with van der Waals surface area (Å²) in [5.74, 6) is 0. The number of nitrogens with zero attached hydrogens (tertiary/aromatic N) is 2. The van der Waals surface area contributed by atoms with Crippen molar-refractivity contribution in [3.8, 4) is 0 Å². The van der Waals surface area contributed by atoms with Crippen molar-refractivity contribution in [1.29, 1.82) is 0 Å². The molecule has 0 bridgehead atoms. The fourth-order valence-corrected chi connectivity index (χ4v) is 2.90. The van der Waals surface area contributed by atoms with Gasteiger partial charge in [-0.2, -0.15) is 11.3 Å². The van der Waals surface area contributed by atoms with Gasteiger partial charge in [-0.25, -0.2) is 4.79 Å². The van der Waals surface area contributed by atoms with Crippen LogP contribution in [0.3, 0.4) is 0 Å². The number of rotatable bonds is 3. The molecule has 5 heteroatoms. The van der Waals surface area contributed by atoms with E-state index in [4.69, 9.17) is 0 Å². The van der Waals surface area contributed by atoms with Crippen LogP contribution in [0, 0.1) is 0 Å². The zero-order valence-electron chi connectivity index (χ0n) is 10.9. The van der Waals surface area contributed by atoms with Crippen LogP contribution < -0.4 is 5.32 Å². The SMILES string of the molecule is CCNC(=O)N1CCCN(Cc2ccsc2)CC1. The maximum Gasteiger partial charge on any atom is 0.317 e. The summed E-state index contributed by atoms with van der Waals surface area (Å²) in [7, 11) is 0. The van der Waals surface area contributed by atoms with E-state index < -0.39 is 0 Å². The quantitative estimate of drug-likeness (QED) is 0.909. The van der Waals surface area contributed by atoms with Gasteiger partial charge >= 0.3 is 6.03 Å².